The molecule has 0 aliphatic heterocycles. The number of hydrogen-bond acceptors (Lipinski definition) is 4. The molecule has 0 aromatic carbocycles. The van der Waals surface area contributed by atoms with E-state index in [0.717, 1.165) is 0 Å². The maximum Gasteiger partial charge on any atom is 0.222 e. The van der Waals surface area contributed by atoms with E-state index in [9.17, 15) is 5.11 Å². The molecule has 5 heteroatoms. The fourth-order valence-electron chi connectivity index (χ4n) is 1.20. The average Bonchev–Trinajstić information content (AvgIpc) is 2.19. The Labute approximate surface area is 103 Å². The predicted molar refractivity (Wildman–Crippen MR) is 53.5 cm³/mol. The second-order valence-electron chi connectivity index (χ2n) is 2.55. The van der Waals surface area contributed by atoms with Crippen molar-refractivity contribution in [3.05, 3.63) is 24.5 Å². The summed E-state index contributed by atoms with van der Waals surface area (Å²) in [6.45, 7) is 0. The summed E-state index contributed by atoms with van der Waals surface area (Å²) in [4.78, 5) is 7.93. The van der Waals surface area contributed by atoms with Crippen LogP contribution >= 0.6 is 0 Å². The number of aromatic nitrogens is 2. The van der Waals surface area contributed by atoms with Gasteiger partial charge in [-0.25, -0.2) is 4.98 Å². The number of nitrogens with zero attached hydrogens (tertiary/aromatic N) is 2. The van der Waals surface area contributed by atoms with Gasteiger partial charge in [-0.2, -0.15) is 0 Å². The van der Waals surface area contributed by atoms with E-state index in [1.54, 1.807) is 18.3 Å². The quantitative estimate of drug-likeness (QED) is 0.695. The van der Waals surface area contributed by atoms with Crippen LogP contribution in [0.25, 0.3) is 10.9 Å². The maximum absolute atomic E-state index is 9.41. The fraction of sp³-hybridized carbons (Fsp3) is 0.111. The number of ether oxygens (including phenoxy) is 1. The number of pyridine rings is 2. The number of hydrogen-bond donors (Lipinski definition) is 1. The summed E-state index contributed by atoms with van der Waals surface area (Å²) in [6, 6.07) is 3.57. The third-order valence-corrected chi connectivity index (χ3v) is 1.78. The largest absolute Gasteiger partial charge is 0.504 e. The second-order valence-corrected chi connectivity index (χ2v) is 2.55. The van der Waals surface area contributed by atoms with E-state index in [2.05, 4.69) is 9.97 Å². The Morgan fingerprint density at radius 1 is 1.36 bits per heavy atom. The van der Waals surface area contributed by atoms with Crippen LogP contribution in [0, 0.1) is 0 Å². The van der Waals surface area contributed by atoms with Gasteiger partial charge in [-0.3, -0.25) is 4.98 Å². The topological polar surface area (TPSA) is 55.2 Å². The Morgan fingerprint density at radius 2 is 2.14 bits per heavy atom. The molecule has 2 aromatic rings. The molecular weight excluding hydrogens is 191 g/mol. The minimum absolute atomic E-state index is 0. The molecular formula is C9H8N2NaO2. The van der Waals surface area contributed by atoms with Crippen molar-refractivity contribution in [1.82, 2.24) is 9.97 Å². The van der Waals surface area contributed by atoms with Crippen LogP contribution in [0.2, 0.25) is 0 Å². The van der Waals surface area contributed by atoms with E-state index in [0.29, 0.717) is 16.8 Å². The third-order valence-electron chi connectivity index (χ3n) is 1.78. The molecule has 4 nitrogen and oxygen atoms in total. The average molecular weight is 199 g/mol. The molecule has 1 N–H and O–H groups in total. The van der Waals surface area contributed by atoms with Gasteiger partial charge in [0.1, 0.15) is 5.52 Å². The van der Waals surface area contributed by atoms with Crippen LogP contribution in [0.15, 0.2) is 24.5 Å². The minimum atomic E-state index is 0. The molecule has 2 rings (SSSR count). The van der Waals surface area contributed by atoms with Crippen molar-refractivity contribution in [3.63, 3.8) is 0 Å². The zero-order valence-electron chi connectivity index (χ0n) is 8.06. The second kappa shape index (κ2) is 4.59. The molecule has 14 heavy (non-hydrogen) atoms. The van der Waals surface area contributed by atoms with Gasteiger partial charge in [0.05, 0.1) is 18.7 Å². The summed E-state index contributed by atoms with van der Waals surface area (Å²) < 4.78 is 5.02. The van der Waals surface area contributed by atoms with E-state index in [1.165, 1.54) is 13.3 Å². The summed E-state index contributed by atoms with van der Waals surface area (Å²) in [7, 11) is 1.53. The van der Waals surface area contributed by atoms with Crippen molar-refractivity contribution in [2.45, 2.75) is 0 Å². The molecule has 1 radical (unpaired) electrons. The van der Waals surface area contributed by atoms with E-state index in [1.807, 2.05) is 0 Å². The normalized spacial score (nSPS) is 9.50. The monoisotopic (exact) mass is 199 g/mol. The van der Waals surface area contributed by atoms with Gasteiger partial charge in [0.15, 0.2) is 5.75 Å². The van der Waals surface area contributed by atoms with Gasteiger partial charge in [0.2, 0.25) is 5.88 Å². The Balaban J connectivity index is 0.000000980. The first-order valence-electron chi connectivity index (χ1n) is 3.79. The summed E-state index contributed by atoms with van der Waals surface area (Å²) in [5, 5.41) is 10.1. The first kappa shape index (κ1) is 11.2. The van der Waals surface area contributed by atoms with Crippen LogP contribution in [-0.2, 0) is 0 Å². The van der Waals surface area contributed by atoms with Crippen LogP contribution in [0.3, 0.4) is 0 Å². The van der Waals surface area contributed by atoms with E-state index >= 15 is 0 Å². The molecule has 0 spiro atoms. The Morgan fingerprint density at radius 3 is 2.86 bits per heavy atom. The zero-order chi connectivity index (χ0) is 9.26. The standard InChI is InChI=1S/C9H8N2O2.Na/c1-13-9-6-3-2-4-10-8(6)7(12)5-11-9;/h2-5,12H,1H3;. The van der Waals surface area contributed by atoms with Gasteiger partial charge < -0.3 is 9.84 Å². The predicted octanol–water partition coefficient (Wildman–Crippen LogP) is 0.963. The molecule has 0 aliphatic carbocycles. The van der Waals surface area contributed by atoms with Crippen molar-refractivity contribution in [1.29, 1.82) is 0 Å². The molecule has 0 atom stereocenters. The van der Waals surface area contributed by atoms with Crippen LogP contribution in [0.4, 0.5) is 0 Å². The third kappa shape index (κ3) is 1.82. The molecule has 67 valence electrons. The van der Waals surface area contributed by atoms with E-state index in [4.69, 9.17) is 4.74 Å². The van der Waals surface area contributed by atoms with Crippen LogP contribution in [0.5, 0.6) is 11.6 Å². The molecule has 0 bridgehead atoms. The van der Waals surface area contributed by atoms with E-state index < -0.39 is 0 Å². The summed E-state index contributed by atoms with van der Waals surface area (Å²) >= 11 is 0. The molecule has 0 unspecified atom stereocenters. The van der Waals surface area contributed by atoms with Crippen LogP contribution < -0.4 is 4.74 Å². The molecule has 0 saturated heterocycles. The first-order chi connectivity index (χ1) is 6.33. The van der Waals surface area contributed by atoms with E-state index in [-0.39, 0.29) is 35.3 Å². The van der Waals surface area contributed by atoms with Crippen molar-refractivity contribution < 1.29 is 9.84 Å². The van der Waals surface area contributed by atoms with Crippen molar-refractivity contribution in [2.75, 3.05) is 7.11 Å². The molecule has 0 amide bonds. The van der Waals surface area contributed by atoms with Crippen molar-refractivity contribution in [2.24, 2.45) is 0 Å². The molecule has 0 aliphatic rings. The maximum atomic E-state index is 9.41. The van der Waals surface area contributed by atoms with Crippen molar-refractivity contribution in [3.8, 4) is 11.6 Å². The molecule has 0 saturated carbocycles. The van der Waals surface area contributed by atoms with Gasteiger partial charge in [-0.1, -0.05) is 0 Å². The van der Waals surface area contributed by atoms with Gasteiger partial charge in [0.25, 0.3) is 0 Å². The fourth-order valence-corrected chi connectivity index (χ4v) is 1.20. The Bertz CT molecular complexity index is 448. The molecule has 2 aromatic heterocycles. The van der Waals surface area contributed by atoms with Crippen molar-refractivity contribution >= 4 is 40.5 Å². The minimum Gasteiger partial charge on any atom is -0.504 e. The first-order valence-corrected chi connectivity index (χ1v) is 3.79. The van der Waals surface area contributed by atoms with Gasteiger partial charge in [0, 0.05) is 35.8 Å². The van der Waals surface area contributed by atoms with Crippen LogP contribution in [0.1, 0.15) is 0 Å². The number of fused-ring (bicyclic) bond motifs is 1. The smallest absolute Gasteiger partial charge is 0.222 e. The summed E-state index contributed by atoms with van der Waals surface area (Å²) in [6.07, 6.45) is 2.94. The Kier molecular flexibility index (Phi) is 3.69. The molecule has 2 heterocycles. The molecule has 0 fully saturated rings. The SMILES string of the molecule is COc1ncc(O)c2ncccc12.[Na]. The zero-order valence-corrected chi connectivity index (χ0v) is 10.1. The summed E-state index contributed by atoms with van der Waals surface area (Å²) in [5.41, 5.74) is 0.509. The number of rotatable bonds is 1. The van der Waals surface area contributed by atoms with Crippen LogP contribution in [-0.4, -0.2) is 51.7 Å². The number of methoxy groups -OCH3 is 1. The van der Waals surface area contributed by atoms with Gasteiger partial charge >= 0.3 is 0 Å². The summed E-state index contributed by atoms with van der Waals surface area (Å²) in [5.74, 6) is 0.539. The van der Waals surface area contributed by atoms with Gasteiger partial charge in [-0.05, 0) is 12.1 Å². The number of aromatic hydroxyl groups is 1. The Hall–Kier alpha value is -0.840. The van der Waals surface area contributed by atoms with Gasteiger partial charge in [-0.15, -0.1) is 0 Å².